The number of hydrogen-bond acceptors (Lipinski definition) is 2. The van der Waals surface area contributed by atoms with Gasteiger partial charge in [0.25, 0.3) is 0 Å². The van der Waals surface area contributed by atoms with Crippen LogP contribution in [0.4, 0.5) is 17.6 Å². The molecule has 1 unspecified atom stereocenters. The second-order valence-corrected chi connectivity index (χ2v) is 5.10. The average molecular weight is 312 g/mol. The SMILES string of the molecule is CC1CN[C@H]2c3cc(F)c(C(F)(F)F)cc3C[C@H]2O1.Cl. The number of alkyl halides is 3. The van der Waals surface area contributed by atoms with E-state index in [1.165, 1.54) is 0 Å². The maximum absolute atomic E-state index is 13.6. The molecule has 0 saturated carbocycles. The molecule has 7 heteroatoms. The van der Waals surface area contributed by atoms with Crippen LogP contribution < -0.4 is 5.32 Å². The second-order valence-electron chi connectivity index (χ2n) is 5.10. The minimum absolute atomic E-state index is 0. The fourth-order valence-corrected chi connectivity index (χ4v) is 2.86. The van der Waals surface area contributed by atoms with Crippen molar-refractivity contribution in [2.75, 3.05) is 6.54 Å². The molecule has 3 atom stereocenters. The number of rotatable bonds is 0. The summed E-state index contributed by atoms with van der Waals surface area (Å²) in [6, 6.07) is 1.71. The monoisotopic (exact) mass is 311 g/mol. The fraction of sp³-hybridized carbons (Fsp3) is 0.538. The van der Waals surface area contributed by atoms with Crippen molar-refractivity contribution in [2.45, 2.75) is 37.8 Å². The minimum atomic E-state index is -4.66. The topological polar surface area (TPSA) is 21.3 Å². The van der Waals surface area contributed by atoms with Crippen molar-refractivity contribution in [3.8, 4) is 0 Å². The summed E-state index contributed by atoms with van der Waals surface area (Å²) < 4.78 is 57.3. The Morgan fingerprint density at radius 2 is 2.00 bits per heavy atom. The van der Waals surface area contributed by atoms with E-state index < -0.39 is 17.6 Å². The summed E-state index contributed by atoms with van der Waals surface area (Å²) in [7, 11) is 0. The number of fused-ring (bicyclic) bond motifs is 3. The molecule has 3 rings (SSSR count). The third kappa shape index (κ3) is 2.52. The van der Waals surface area contributed by atoms with Crippen molar-refractivity contribution in [2.24, 2.45) is 0 Å². The van der Waals surface area contributed by atoms with E-state index in [0.717, 1.165) is 12.1 Å². The zero-order chi connectivity index (χ0) is 13.8. The molecule has 1 aliphatic heterocycles. The molecule has 20 heavy (non-hydrogen) atoms. The number of halogens is 5. The van der Waals surface area contributed by atoms with Crippen molar-refractivity contribution in [1.29, 1.82) is 0 Å². The largest absolute Gasteiger partial charge is 0.419 e. The Kier molecular flexibility index (Phi) is 4.01. The van der Waals surface area contributed by atoms with Crippen LogP contribution in [0.15, 0.2) is 12.1 Å². The summed E-state index contributed by atoms with van der Waals surface area (Å²) in [5.41, 5.74) is -0.0920. The molecule has 2 aliphatic rings. The summed E-state index contributed by atoms with van der Waals surface area (Å²) in [6.07, 6.45) is -4.46. The lowest BCUT2D eigenvalue weighted by atomic mass is 10.0. The van der Waals surface area contributed by atoms with Gasteiger partial charge in [-0.2, -0.15) is 13.2 Å². The summed E-state index contributed by atoms with van der Waals surface area (Å²) in [5, 5.41) is 3.20. The first kappa shape index (κ1) is 15.5. The molecule has 1 aromatic rings. The number of morpholine rings is 1. The Hall–Kier alpha value is -0.850. The molecule has 0 amide bonds. The summed E-state index contributed by atoms with van der Waals surface area (Å²) in [4.78, 5) is 0. The molecule has 0 radical (unpaired) electrons. The molecule has 112 valence electrons. The highest BCUT2D eigenvalue weighted by Gasteiger charge is 2.41. The van der Waals surface area contributed by atoms with Gasteiger partial charge in [-0.25, -0.2) is 4.39 Å². The predicted molar refractivity (Wildman–Crippen MR) is 67.4 cm³/mol. The van der Waals surface area contributed by atoms with Crippen molar-refractivity contribution >= 4 is 12.4 Å². The Labute approximate surface area is 119 Å². The molecule has 1 fully saturated rings. The van der Waals surface area contributed by atoms with E-state index in [1.807, 2.05) is 6.92 Å². The number of nitrogens with one attached hydrogen (secondary N) is 1. The molecule has 1 aliphatic carbocycles. The molecular formula is C13H14ClF4NO. The molecule has 0 spiro atoms. The highest BCUT2D eigenvalue weighted by molar-refractivity contribution is 5.85. The van der Waals surface area contributed by atoms with Crippen LogP contribution in [0, 0.1) is 5.82 Å². The first-order valence-corrected chi connectivity index (χ1v) is 6.14. The van der Waals surface area contributed by atoms with Crippen LogP contribution in [0.2, 0.25) is 0 Å². The third-order valence-electron chi connectivity index (χ3n) is 3.69. The van der Waals surface area contributed by atoms with Crippen LogP contribution in [-0.4, -0.2) is 18.8 Å². The van der Waals surface area contributed by atoms with Crippen LogP contribution in [0.5, 0.6) is 0 Å². The van der Waals surface area contributed by atoms with E-state index in [1.54, 1.807) is 0 Å². The van der Waals surface area contributed by atoms with Crippen molar-refractivity contribution in [3.63, 3.8) is 0 Å². The highest BCUT2D eigenvalue weighted by Crippen LogP contribution is 2.40. The standard InChI is InChI=1S/C13H13F4NO.ClH/c1-6-5-18-12-8-4-10(14)9(13(15,16)17)2-7(8)3-11(12)19-6;/h2,4,6,11-12,18H,3,5H2,1H3;1H/t6?,11-,12+;/m1./s1. The van der Waals surface area contributed by atoms with Gasteiger partial charge in [0.15, 0.2) is 0 Å². The van der Waals surface area contributed by atoms with Gasteiger partial charge >= 0.3 is 6.18 Å². The smallest absolute Gasteiger partial charge is 0.372 e. The van der Waals surface area contributed by atoms with E-state index >= 15 is 0 Å². The molecule has 2 nitrogen and oxygen atoms in total. The maximum Gasteiger partial charge on any atom is 0.419 e. The number of hydrogen-bond donors (Lipinski definition) is 1. The molecule has 0 bridgehead atoms. The Morgan fingerprint density at radius 3 is 2.65 bits per heavy atom. The van der Waals surface area contributed by atoms with Gasteiger partial charge in [0, 0.05) is 13.0 Å². The summed E-state index contributed by atoms with van der Waals surface area (Å²) in [5.74, 6) is -1.22. The zero-order valence-corrected chi connectivity index (χ0v) is 11.4. The Bertz CT molecular complexity index is 520. The third-order valence-corrected chi connectivity index (χ3v) is 3.69. The van der Waals surface area contributed by atoms with Crippen molar-refractivity contribution < 1.29 is 22.3 Å². The molecule has 1 saturated heterocycles. The van der Waals surface area contributed by atoms with Gasteiger partial charge in [-0.15, -0.1) is 12.4 Å². The zero-order valence-electron chi connectivity index (χ0n) is 10.6. The first-order chi connectivity index (χ1) is 8.86. The van der Waals surface area contributed by atoms with Gasteiger partial charge < -0.3 is 10.1 Å². The van der Waals surface area contributed by atoms with Gasteiger partial charge in [0.1, 0.15) is 5.82 Å². The Morgan fingerprint density at radius 1 is 1.30 bits per heavy atom. The molecule has 1 aromatic carbocycles. The van der Waals surface area contributed by atoms with E-state index in [2.05, 4.69) is 5.32 Å². The first-order valence-electron chi connectivity index (χ1n) is 6.14. The highest BCUT2D eigenvalue weighted by atomic mass is 35.5. The van der Waals surface area contributed by atoms with Crippen LogP contribution in [-0.2, 0) is 17.3 Å². The average Bonchev–Trinajstić information content (AvgIpc) is 2.63. The summed E-state index contributed by atoms with van der Waals surface area (Å²) in [6.45, 7) is 2.51. The lowest BCUT2D eigenvalue weighted by molar-refractivity contribution is -0.140. The lowest BCUT2D eigenvalue weighted by Gasteiger charge is -2.32. The van der Waals surface area contributed by atoms with Gasteiger partial charge in [0.05, 0.1) is 23.8 Å². The van der Waals surface area contributed by atoms with E-state index in [0.29, 0.717) is 24.1 Å². The van der Waals surface area contributed by atoms with E-state index in [-0.39, 0.29) is 30.7 Å². The van der Waals surface area contributed by atoms with E-state index in [4.69, 9.17) is 4.74 Å². The minimum Gasteiger partial charge on any atom is -0.372 e. The number of benzene rings is 1. The number of ether oxygens (including phenoxy) is 1. The van der Waals surface area contributed by atoms with Gasteiger partial charge in [-0.1, -0.05) is 0 Å². The fourth-order valence-electron chi connectivity index (χ4n) is 2.86. The van der Waals surface area contributed by atoms with Gasteiger partial charge in [0.2, 0.25) is 0 Å². The van der Waals surface area contributed by atoms with Crippen LogP contribution in [0.1, 0.15) is 29.7 Å². The van der Waals surface area contributed by atoms with Crippen LogP contribution in [0.3, 0.4) is 0 Å². The quantitative estimate of drug-likeness (QED) is 0.743. The normalized spacial score (nSPS) is 28.6. The summed E-state index contributed by atoms with van der Waals surface area (Å²) >= 11 is 0. The van der Waals surface area contributed by atoms with Crippen LogP contribution >= 0.6 is 12.4 Å². The van der Waals surface area contributed by atoms with Crippen molar-refractivity contribution in [1.82, 2.24) is 5.32 Å². The second kappa shape index (κ2) is 5.16. The molecule has 1 heterocycles. The molecule has 0 aromatic heterocycles. The molecular weight excluding hydrogens is 298 g/mol. The van der Waals surface area contributed by atoms with E-state index in [9.17, 15) is 17.6 Å². The van der Waals surface area contributed by atoms with Gasteiger partial charge in [-0.05, 0) is 30.2 Å². The van der Waals surface area contributed by atoms with Gasteiger partial charge in [-0.3, -0.25) is 0 Å². The van der Waals surface area contributed by atoms with Crippen molar-refractivity contribution in [3.05, 3.63) is 34.6 Å². The predicted octanol–water partition coefficient (Wildman–Crippen LogP) is 3.24. The Balaban J connectivity index is 0.00000147. The van der Waals surface area contributed by atoms with Crippen LogP contribution in [0.25, 0.3) is 0 Å². The maximum atomic E-state index is 13.6. The molecule has 1 N–H and O–H groups in total. The lowest BCUT2D eigenvalue weighted by Crippen LogP contribution is -2.44.